The second kappa shape index (κ2) is 15.2. The molecule has 4 N–H and O–H groups in total. The molecular formula is C36H59N5O7S. The fourth-order valence-electron chi connectivity index (χ4n) is 6.92. The Balaban J connectivity index is 2.39. The summed E-state index contributed by atoms with van der Waals surface area (Å²) in [6.07, 6.45) is 7.40. The van der Waals surface area contributed by atoms with Gasteiger partial charge in [0.25, 0.3) is 5.91 Å². The summed E-state index contributed by atoms with van der Waals surface area (Å²) >= 11 is 0. The number of hydrogen-bond acceptors (Lipinski definition) is 7. The highest BCUT2D eigenvalue weighted by molar-refractivity contribution is 7.92. The highest BCUT2D eigenvalue weighted by atomic mass is 32.2. The Morgan fingerprint density at radius 2 is 1.63 bits per heavy atom. The largest absolute Gasteiger partial charge is 0.346 e. The van der Waals surface area contributed by atoms with Crippen molar-refractivity contribution in [3.8, 4) is 12.3 Å². The molecule has 0 aromatic rings. The molecule has 276 valence electrons. The number of Topliss-reactive ketones (excluding diaryl/α,β-unsaturated/α-hetero) is 1. The monoisotopic (exact) mass is 705 g/mol. The van der Waals surface area contributed by atoms with Crippen molar-refractivity contribution < 1.29 is 32.4 Å². The molecule has 1 heterocycles. The Labute approximate surface area is 293 Å². The quantitative estimate of drug-likeness (QED) is 0.115. The van der Waals surface area contributed by atoms with Gasteiger partial charge in [0, 0.05) is 19.5 Å². The molecule has 1 saturated carbocycles. The molecule has 1 aliphatic carbocycles. The topological polar surface area (TPSA) is 171 Å². The fourth-order valence-corrected chi connectivity index (χ4v) is 8.38. The van der Waals surface area contributed by atoms with Crippen molar-refractivity contribution in [3.63, 3.8) is 0 Å². The summed E-state index contributed by atoms with van der Waals surface area (Å²) in [5.74, 6) is -0.780. The Morgan fingerprint density at radius 1 is 1.04 bits per heavy atom. The van der Waals surface area contributed by atoms with Gasteiger partial charge in [-0.25, -0.2) is 13.2 Å². The van der Waals surface area contributed by atoms with Gasteiger partial charge in [-0.05, 0) is 69.1 Å². The number of hydrogen-bond donors (Lipinski definition) is 4. The lowest BCUT2D eigenvalue weighted by molar-refractivity contribution is -0.145. The van der Waals surface area contributed by atoms with Crippen molar-refractivity contribution in [2.24, 2.45) is 28.6 Å². The maximum absolute atomic E-state index is 14.4. The number of nitrogens with zero attached hydrogens (tertiary/aromatic N) is 1. The lowest BCUT2D eigenvalue weighted by atomic mass is 9.85. The van der Waals surface area contributed by atoms with E-state index in [4.69, 9.17) is 6.42 Å². The first-order chi connectivity index (χ1) is 22.2. The number of terminal acetylenes is 1. The standard InChI is InChI=1S/C36H59N5O7S/c1-14-16-17-24(27(42)30(44)37-18-15-2)38-29(43)26-25-23(35(25,11)12)20-41(26)31(45)28(33(5,6)7)39-32(46)40-36(13,19-22(3)4)21-49(47,48)34(8,9)10/h1,15,22-26,28H,2,16-21H2,3-13H3,(H,37,44)(H,38,43)(H2,39,40,46)/t23-,24?,25-,26-,28+,36-/m0/s1. The van der Waals surface area contributed by atoms with E-state index in [1.165, 1.54) is 11.0 Å². The number of ketones is 1. The minimum absolute atomic E-state index is 0.00864. The van der Waals surface area contributed by atoms with Crippen LogP contribution < -0.4 is 21.3 Å². The van der Waals surface area contributed by atoms with Crippen LogP contribution in [-0.4, -0.2) is 90.1 Å². The number of rotatable bonds is 15. The second-order valence-electron chi connectivity index (χ2n) is 17.0. The molecule has 1 aliphatic heterocycles. The van der Waals surface area contributed by atoms with Crippen LogP contribution in [0.4, 0.5) is 4.79 Å². The lowest BCUT2D eigenvalue weighted by Crippen LogP contribution is -2.63. The average Bonchev–Trinajstić information content (AvgIpc) is 3.25. The van der Waals surface area contributed by atoms with Gasteiger partial charge < -0.3 is 26.2 Å². The van der Waals surface area contributed by atoms with E-state index in [-0.39, 0.29) is 54.9 Å². The number of urea groups is 1. The zero-order valence-corrected chi connectivity index (χ0v) is 32.1. The van der Waals surface area contributed by atoms with Gasteiger partial charge in [-0.2, -0.15) is 0 Å². The molecule has 2 rings (SSSR count). The third-order valence-electron chi connectivity index (χ3n) is 9.71. The highest BCUT2D eigenvalue weighted by Crippen LogP contribution is 2.65. The van der Waals surface area contributed by atoms with E-state index in [1.807, 2.05) is 27.7 Å². The summed E-state index contributed by atoms with van der Waals surface area (Å²) in [4.78, 5) is 69.0. The third kappa shape index (κ3) is 10.1. The molecule has 0 aromatic heterocycles. The van der Waals surface area contributed by atoms with Gasteiger partial charge in [0.2, 0.25) is 17.6 Å². The molecule has 1 saturated heterocycles. The first-order valence-electron chi connectivity index (χ1n) is 17.0. The molecule has 49 heavy (non-hydrogen) atoms. The zero-order valence-electron chi connectivity index (χ0n) is 31.3. The van der Waals surface area contributed by atoms with Gasteiger partial charge in [-0.1, -0.05) is 54.5 Å². The maximum Gasteiger partial charge on any atom is 0.315 e. The van der Waals surface area contributed by atoms with Crippen LogP contribution in [-0.2, 0) is 29.0 Å². The van der Waals surface area contributed by atoms with Crippen molar-refractivity contribution >= 4 is 39.4 Å². The third-order valence-corrected chi connectivity index (χ3v) is 12.6. The second-order valence-corrected chi connectivity index (χ2v) is 19.7. The Kier molecular flexibility index (Phi) is 13.0. The molecular weight excluding hydrogens is 646 g/mol. The number of fused-ring (bicyclic) bond motifs is 1. The summed E-state index contributed by atoms with van der Waals surface area (Å²) in [7, 11) is -3.62. The number of likely N-dealkylation sites (tertiary alicyclic amines) is 1. The van der Waals surface area contributed by atoms with Crippen LogP contribution >= 0.6 is 0 Å². The number of carbonyl (C=O) groups excluding carboxylic acids is 5. The van der Waals surface area contributed by atoms with Crippen LogP contribution in [0.25, 0.3) is 0 Å². The van der Waals surface area contributed by atoms with Crippen molar-refractivity contribution in [2.75, 3.05) is 18.8 Å². The Hall–Kier alpha value is -3.40. The molecule has 0 spiro atoms. The van der Waals surface area contributed by atoms with Crippen molar-refractivity contribution in [3.05, 3.63) is 12.7 Å². The van der Waals surface area contributed by atoms with Crippen molar-refractivity contribution in [2.45, 2.75) is 124 Å². The fraction of sp³-hybridized carbons (Fsp3) is 0.750. The normalized spacial score (nSPS) is 22.4. The van der Waals surface area contributed by atoms with Crippen LogP contribution in [0.3, 0.4) is 0 Å². The van der Waals surface area contributed by atoms with Gasteiger partial charge in [0.15, 0.2) is 9.84 Å². The first-order valence-corrected chi connectivity index (χ1v) is 18.7. The van der Waals surface area contributed by atoms with Gasteiger partial charge >= 0.3 is 6.03 Å². The predicted octanol–water partition coefficient (Wildman–Crippen LogP) is 2.97. The SMILES string of the molecule is C#CCCC(NC(=O)[C@@H]1[C@@H]2[C@H](CN1C(=O)[C@@H](NC(=O)N[C@@](C)(CC(C)C)CS(=O)(=O)C(C)(C)C)C(C)(C)C)C2(C)C)C(=O)C(=O)NCC=C. The molecule has 2 fully saturated rings. The predicted molar refractivity (Wildman–Crippen MR) is 191 cm³/mol. The number of carbonyl (C=O) groups is 5. The van der Waals surface area contributed by atoms with E-state index in [9.17, 15) is 32.4 Å². The summed E-state index contributed by atoms with van der Waals surface area (Å²) < 4.78 is 25.4. The molecule has 6 atom stereocenters. The highest BCUT2D eigenvalue weighted by Gasteiger charge is 2.70. The smallest absolute Gasteiger partial charge is 0.315 e. The number of sulfone groups is 1. The molecule has 0 bridgehead atoms. The summed E-state index contributed by atoms with van der Waals surface area (Å²) in [6, 6.07) is -3.94. The van der Waals surface area contributed by atoms with E-state index < -0.39 is 73.2 Å². The summed E-state index contributed by atoms with van der Waals surface area (Å²) in [5.41, 5.74) is -2.19. The van der Waals surface area contributed by atoms with E-state index in [0.717, 1.165) is 0 Å². The molecule has 2 aliphatic rings. The van der Waals surface area contributed by atoms with Crippen LogP contribution in [0.2, 0.25) is 0 Å². The van der Waals surface area contributed by atoms with E-state index in [0.29, 0.717) is 6.42 Å². The first kappa shape index (κ1) is 41.8. The van der Waals surface area contributed by atoms with Gasteiger partial charge in [0.1, 0.15) is 12.1 Å². The van der Waals surface area contributed by atoms with E-state index >= 15 is 0 Å². The average molecular weight is 706 g/mol. The van der Waals surface area contributed by atoms with Crippen LogP contribution in [0.15, 0.2) is 12.7 Å². The molecule has 5 amide bonds. The lowest BCUT2D eigenvalue weighted by Gasteiger charge is -2.39. The summed E-state index contributed by atoms with van der Waals surface area (Å²) in [6.45, 7) is 23.7. The van der Waals surface area contributed by atoms with Gasteiger partial charge in [-0.15, -0.1) is 18.9 Å². The number of piperidine rings is 1. The van der Waals surface area contributed by atoms with Crippen molar-refractivity contribution in [1.82, 2.24) is 26.2 Å². The molecule has 0 radical (unpaired) electrons. The van der Waals surface area contributed by atoms with E-state index in [2.05, 4.69) is 33.8 Å². The Morgan fingerprint density at radius 3 is 2.12 bits per heavy atom. The number of amides is 5. The summed E-state index contributed by atoms with van der Waals surface area (Å²) in [5, 5.41) is 10.8. The van der Waals surface area contributed by atoms with Gasteiger partial charge in [0.05, 0.1) is 22.1 Å². The molecule has 13 heteroatoms. The number of nitrogens with one attached hydrogen (secondary N) is 4. The Bertz CT molecular complexity index is 1450. The van der Waals surface area contributed by atoms with Crippen molar-refractivity contribution in [1.29, 1.82) is 0 Å². The van der Waals surface area contributed by atoms with Crippen LogP contribution in [0.5, 0.6) is 0 Å². The maximum atomic E-state index is 14.4. The van der Waals surface area contributed by atoms with Crippen LogP contribution in [0, 0.1) is 40.9 Å². The zero-order chi connectivity index (χ0) is 37.9. The molecule has 0 aromatic carbocycles. The van der Waals surface area contributed by atoms with Gasteiger partial charge in [-0.3, -0.25) is 19.2 Å². The van der Waals surface area contributed by atoms with Crippen LogP contribution in [0.1, 0.15) is 95.4 Å². The molecule has 12 nitrogen and oxygen atoms in total. The van der Waals surface area contributed by atoms with E-state index in [1.54, 1.807) is 48.5 Å². The molecule has 1 unspecified atom stereocenters. The minimum atomic E-state index is -3.62. The minimum Gasteiger partial charge on any atom is -0.346 e.